The highest BCUT2D eigenvalue weighted by Gasteiger charge is 2.08. The molecular weight excluding hydrogens is 313 g/mol. The van der Waals surface area contributed by atoms with Gasteiger partial charge < -0.3 is 5.32 Å². The Hall–Kier alpha value is -0.580. The van der Waals surface area contributed by atoms with Crippen LogP contribution in [0.1, 0.15) is 32.8 Å². The highest BCUT2D eigenvalue weighted by atomic mass is 127. The SMILES string of the molecule is CCc1cc(I)ccc1NC(=O)CC(C)C. The summed E-state index contributed by atoms with van der Waals surface area (Å²) in [6.45, 7) is 6.20. The van der Waals surface area contributed by atoms with Gasteiger partial charge in [-0.05, 0) is 58.7 Å². The number of halogens is 1. The van der Waals surface area contributed by atoms with Crippen LogP contribution in [-0.4, -0.2) is 5.91 Å². The zero-order valence-electron chi connectivity index (χ0n) is 10.0. The van der Waals surface area contributed by atoms with Crippen molar-refractivity contribution < 1.29 is 4.79 Å². The Bertz CT molecular complexity index is 374. The fourth-order valence-corrected chi connectivity index (χ4v) is 2.10. The maximum Gasteiger partial charge on any atom is 0.224 e. The van der Waals surface area contributed by atoms with Gasteiger partial charge in [0.25, 0.3) is 0 Å². The lowest BCUT2D eigenvalue weighted by atomic mass is 10.1. The summed E-state index contributed by atoms with van der Waals surface area (Å²) in [5.74, 6) is 0.500. The molecule has 0 radical (unpaired) electrons. The Morgan fingerprint density at radius 2 is 2.12 bits per heavy atom. The Morgan fingerprint density at radius 3 is 2.69 bits per heavy atom. The quantitative estimate of drug-likeness (QED) is 0.835. The van der Waals surface area contributed by atoms with Crippen LogP contribution in [0.25, 0.3) is 0 Å². The molecule has 1 aromatic rings. The number of hydrogen-bond acceptors (Lipinski definition) is 1. The summed E-state index contributed by atoms with van der Waals surface area (Å²) in [5.41, 5.74) is 2.15. The largest absolute Gasteiger partial charge is 0.326 e. The van der Waals surface area contributed by atoms with Gasteiger partial charge in [0.15, 0.2) is 0 Å². The third-order valence-electron chi connectivity index (χ3n) is 2.32. The summed E-state index contributed by atoms with van der Waals surface area (Å²) in [6.07, 6.45) is 1.52. The number of benzene rings is 1. The Balaban J connectivity index is 2.76. The van der Waals surface area contributed by atoms with Gasteiger partial charge in [-0.1, -0.05) is 20.8 Å². The van der Waals surface area contributed by atoms with E-state index in [0.717, 1.165) is 12.1 Å². The average Bonchev–Trinajstić information content (AvgIpc) is 2.19. The minimum absolute atomic E-state index is 0.103. The molecule has 0 aromatic heterocycles. The molecule has 0 aliphatic heterocycles. The molecular formula is C13H18INO. The molecule has 0 heterocycles. The van der Waals surface area contributed by atoms with E-state index in [9.17, 15) is 4.79 Å². The van der Waals surface area contributed by atoms with Crippen molar-refractivity contribution in [1.82, 2.24) is 0 Å². The van der Waals surface area contributed by atoms with Crippen LogP contribution in [-0.2, 0) is 11.2 Å². The van der Waals surface area contributed by atoms with Gasteiger partial charge in [0, 0.05) is 15.7 Å². The molecule has 88 valence electrons. The molecule has 1 amide bonds. The van der Waals surface area contributed by atoms with E-state index >= 15 is 0 Å². The minimum Gasteiger partial charge on any atom is -0.326 e. The number of anilines is 1. The second kappa shape index (κ2) is 6.23. The molecule has 1 rings (SSSR count). The molecule has 0 saturated heterocycles. The highest BCUT2D eigenvalue weighted by Crippen LogP contribution is 2.20. The summed E-state index contributed by atoms with van der Waals surface area (Å²) in [7, 11) is 0. The minimum atomic E-state index is 0.103. The van der Waals surface area contributed by atoms with Gasteiger partial charge in [-0.3, -0.25) is 4.79 Å². The monoisotopic (exact) mass is 331 g/mol. The van der Waals surface area contributed by atoms with E-state index in [1.165, 1.54) is 9.13 Å². The van der Waals surface area contributed by atoms with Crippen LogP contribution in [0.4, 0.5) is 5.69 Å². The number of nitrogens with one attached hydrogen (secondary N) is 1. The van der Waals surface area contributed by atoms with Gasteiger partial charge in [-0.15, -0.1) is 0 Å². The van der Waals surface area contributed by atoms with Crippen molar-refractivity contribution in [3.8, 4) is 0 Å². The van der Waals surface area contributed by atoms with Crippen molar-refractivity contribution in [2.45, 2.75) is 33.6 Å². The number of aryl methyl sites for hydroxylation is 1. The molecule has 2 nitrogen and oxygen atoms in total. The van der Waals surface area contributed by atoms with Gasteiger partial charge in [-0.2, -0.15) is 0 Å². The molecule has 0 aliphatic carbocycles. The smallest absolute Gasteiger partial charge is 0.224 e. The molecule has 0 unspecified atom stereocenters. The van der Waals surface area contributed by atoms with Gasteiger partial charge in [-0.25, -0.2) is 0 Å². The molecule has 0 atom stereocenters. The normalized spacial score (nSPS) is 10.6. The van der Waals surface area contributed by atoms with Gasteiger partial charge in [0.05, 0.1) is 0 Å². The number of carbonyl (C=O) groups is 1. The zero-order chi connectivity index (χ0) is 12.1. The van der Waals surface area contributed by atoms with Crippen molar-refractivity contribution in [3.63, 3.8) is 0 Å². The van der Waals surface area contributed by atoms with Crippen LogP contribution >= 0.6 is 22.6 Å². The van der Waals surface area contributed by atoms with Crippen molar-refractivity contribution in [2.75, 3.05) is 5.32 Å². The van der Waals surface area contributed by atoms with Gasteiger partial charge in [0.2, 0.25) is 5.91 Å². The van der Waals surface area contributed by atoms with Gasteiger partial charge >= 0.3 is 0 Å². The summed E-state index contributed by atoms with van der Waals surface area (Å²) in [6, 6.07) is 6.12. The third kappa shape index (κ3) is 4.12. The van der Waals surface area contributed by atoms with E-state index in [1.807, 2.05) is 26.0 Å². The van der Waals surface area contributed by atoms with E-state index in [0.29, 0.717) is 12.3 Å². The van der Waals surface area contributed by atoms with Gasteiger partial charge in [0.1, 0.15) is 0 Å². The summed E-state index contributed by atoms with van der Waals surface area (Å²) < 4.78 is 1.20. The Kier molecular flexibility index (Phi) is 5.25. The van der Waals surface area contributed by atoms with E-state index in [4.69, 9.17) is 0 Å². The second-order valence-corrected chi connectivity index (χ2v) is 5.55. The van der Waals surface area contributed by atoms with Crippen LogP contribution in [0.15, 0.2) is 18.2 Å². The first-order chi connectivity index (χ1) is 7.52. The zero-order valence-corrected chi connectivity index (χ0v) is 12.2. The molecule has 0 spiro atoms. The molecule has 1 N–H and O–H groups in total. The predicted molar refractivity (Wildman–Crippen MR) is 76.6 cm³/mol. The lowest BCUT2D eigenvalue weighted by Crippen LogP contribution is -2.15. The number of rotatable bonds is 4. The van der Waals surface area contributed by atoms with Crippen LogP contribution in [0.3, 0.4) is 0 Å². The maximum absolute atomic E-state index is 11.7. The molecule has 0 fully saturated rings. The predicted octanol–water partition coefficient (Wildman–Crippen LogP) is 3.84. The maximum atomic E-state index is 11.7. The van der Waals surface area contributed by atoms with Crippen LogP contribution in [0, 0.1) is 9.49 Å². The first-order valence-corrected chi connectivity index (χ1v) is 6.69. The topological polar surface area (TPSA) is 29.1 Å². The number of carbonyl (C=O) groups excluding carboxylic acids is 1. The fraction of sp³-hybridized carbons (Fsp3) is 0.462. The van der Waals surface area contributed by atoms with Crippen LogP contribution < -0.4 is 5.32 Å². The molecule has 1 aromatic carbocycles. The Morgan fingerprint density at radius 1 is 1.44 bits per heavy atom. The van der Waals surface area contributed by atoms with E-state index in [-0.39, 0.29) is 5.91 Å². The molecule has 3 heteroatoms. The summed E-state index contributed by atoms with van der Waals surface area (Å²) >= 11 is 2.29. The standard InChI is InChI=1S/C13H18INO/c1-4-10-8-11(14)5-6-12(10)15-13(16)7-9(2)3/h5-6,8-9H,4,7H2,1-3H3,(H,15,16). The van der Waals surface area contributed by atoms with Crippen LogP contribution in [0.5, 0.6) is 0 Å². The van der Waals surface area contributed by atoms with Crippen molar-refractivity contribution in [1.29, 1.82) is 0 Å². The van der Waals surface area contributed by atoms with Crippen LogP contribution in [0.2, 0.25) is 0 Å². The van der Waals surface area contributed by atoms with Crippen molar-refractivity contribution in [2.24, 2.45) is 5.92 Å². The van der Waals surface area contributed by atoms with E-state index in [2.05, 4.69) is 40.9 Å². The fourth-order valence-electron chi connectivity index (χ4n) is 1.55. The lowest BCUT2D eigenvalue weighted by molar-refractivity contribution is -0.116. The number of hydrogen-bond donors (Lipinski definition) is 1. The summed E-state index contributed by atoms with van der Waals surface area (Å²) in [5, 5.41) is 2.98. The average molecular weight is 331 g/mol. The molecule has 16 heavy (non-hydrogen) atoms. The van der Waals surface area contributed by atoms with Crippen molar-refractivity contribution in [3.05, 3.63) is 27.3 Å². The molecule has 0 aliphatic rings. The first-order valence-electron chi connectivity index (χ1n) is 5.61. The summed E-state index contributed by atoms with van der Waals surface area (Å²) in [4.78, 5) is 11.7. The highest BCUT2D eigenvalue weighted by molar-refractivity contribution is 14.1. The third-order valence-corrected chi connectivity index (χ3v) is 2.99. The molecule has 0 bridgehead atoms. The van der Waals surface area contributed by atoms with Crippen molar-refractivity contribution >= 4 is 34.2 Å². The number of amides is 1. The van der Waals surface area contributed by atoms with E-state index in [1.54, 1.807) is 0 Å². The van der Waals surface area contributed by atoms with E-state index < -0.39 is 0 Å². The first kappa shape index (κ1) is 13.5. The molecule has 0 saturated carbocycles. The lowest BCUT2D eigenvalue weighted by Gasteiger charge is -2.11. The second-order valence-electron chi connectivity index (χ2n) is 4.30. The Labute approximate surface area is 111 Å².